The minimum absolute atomic E-state index is 0.0278. The van der Waals surface area contributed by atoms with Gasteiger partial charge in [0.1, 0.15) is 0 Å². The Balaban J connectivity index is 3.42. The minimum atomic E-state index is -4.92. The van der Waals surface area contributed by atoms with E-state index in [-0.39, 0.29) is 11.6 Å². The lowest BCUT2D eigenvalue weighted by Crippen LogP contribution is -2.24. The average Bonchev–Trinajstić information content (AvgIpc) is 2.34. The standard InChI is InChI=1S/C12H11F6NO/c1-6(10(20)19-2)7-3-8(11(13,14)15)5-9(4-7)12(16,17)18/h3-6H,1-2H3,(H,19,20). The van der Waals surface area contributed by atoms with Crippen LogP contribution >= 0.6 is 0 Å². The van der Waals surface area contributed by atoms with Gasteiger partial charge in [-0.1, -0.05) is 0 Å². The Morgan fingerprint density at radius 1 is 1.00 bits per heavy atom. The first-order chi connectivity index (χ1) is 8.96. The van der Waals surface area contributed by atoms with Gasteiger partial charge in [-0.15, -0.1) is 0 Å². The summed E-state index contributed by atoms with van der Waals surface area (Å²) in [6, 6.07) is 1.13. The van der Waals surface area contributed by atoms with E-state index < -0.39 is 35.3 Å². The second-order valence-corrected chi connectivity index (χ2v) is 4.18. The van der Waals surface area contributed by atoms with E-state index in [0.717, 1.165) is 0 Å². The molecule has 0 bridgehead atoms. The highest BCUT2D eigenvalue weighted by molar-refractivity contribution is 5.83. The van der Waals surface area contributed by atoms with Gasteiger partial charge in [-0.25, -0.2) is 0 Å². The molecule has 8 heteroatoms. The summed E-state index contributed by atoms with van der Waals surface area (Å²) >= 11 is 0. The Morgan fingerprint density at radius 2 is 1.40 bits per heavy atom. The number of likely N-dealkylation sites (N-methyl/N-ethyl adjacent to an activating group) is 1. The van der Waals surface area contributed by atoms with Crippen molar-refractivity contribution >= 4 is 5.91 Å². The number of carbonyl (C=O) groups excluding carboxylic acids is 1. The van der Waals surface area contributed by atoms with Crippen LogP contribution in [0.15, 0.2) is 18.2 Å². The van der Waals surface area contributed by atoms with Gasteiger partial charge >= 0.3 is 12.4 Å². The maximum atomic E-state index is 12.6. The molecule has 0 aliphatic carbocycles. The van der Waals surface area contributed by atoms with Crippen LogP contribution in [-0.4, -0.2) is 13.0 Å². The molecule has 0 aliphatic heterocycles. The van der Waals surface area contributed by atoms with Crippen LogP contribution in [0, 0.1) is 0 Å². The molecule has 0 saturated carbocycles. The van der Waals surface area contributed by atoms with Gasteiger partial charge in [0.05, 0.1) is 17.0 Å². The zero-order valence-electron chi connectivity index (χ0n) is 10.5. The average molecular weight is 299 g/mol. The molecule has 1 N–H and O–H groups in total. The minimum Gasteiger partial charge on any atom is -0.359 e. The third kappa shape index (κ3) is 3.64. The second kappa shape index (κ2) is 5.34. The van der Waals surface area contributed by atoms with Gasteiger partial charge in [0, 0.05) is 7.05 Å². The van der Waals surface area contributed by atoms with E-state index in [1.165, 1.54) is 14.0 Å². The van der Waals surface area contributed by atoms with Crippen molar-refractivity contribution in [3.8, 4) is 0 Å². The van der Waals surface area contributed by atoms with E-state index in [2.05, 4.69) is 5.32 Å². The molecule has 1 rings (SSSR count). The van der Waals surface area contributed by atoms with Crippen molar-refractivity contribution < 1.29 is 31.1 Å². The molecule has 0 saturated heterocycles. The lowest BCUT2D eigenvalue weighted by molar-refractivity contribution is -0.143. The molecule has 1 aromatic carbocycles. The first-order valence-corrected chi connectivity index (χ1v) is 5.47. The summed E-state index contributed by atoms with van der Waals surface area (Å²) in [5, 5.41) is 2.18. The fraction of sp³-hybridized carbons (Fsp3) is 0.417. The molecule has 1 amide bonds. The number of nitrogens with one attached hydrogen (secondary N) is 1. The number of carbonyl (C=O) groups is 1. The second-order valence-electron chi connectivity index (χ2n) is 4.18. The van der Waals surface area contributed by atoms with Gasteiger partial charge in [0.25, 0.3) is 0 Å². The van der Waals surface area contributed by atoms with Gasteiger partial charge in [-0.05, 0) is 30.7 Å². The number of hydrogen-bond acceptors (Lipinski definition) is 1. The molecule has 0 heterocycles. The van der Waals surface area contributed by atoms with Crippen LogP contribution in [0.1, 0.15) is 29.5 Å². The molecule has 0 aromatic heterocycles. The monoisotopic (exact) mass is 299 g/mol. The first kappa shape index (κ1) is 16.3. The van der Waals surface area contributed by atoms with Crippen molar-refractivity contribution in [2.75, 3.05) is 7.05 Å². The predicted octanol–water partition coefficient (Wildman–Crippen LogP) is 3.57. The fourth-order valence-electron chi connectivity index (χ4n) is 1.60. The number of amides is 1. The molecular weight excluding hydrogens is 288 g/mol. The molecule has 1 aromatic rings. The zero-order chi connectivity index (χ0) is 15.7. The van der Waals surface area contributed by atoms with Gasteiger partial charge in [-0.3, -0.25) is 4.79 Å². The van der Waals surface area contributed by atoms with Gasteiger partial charge in [0.15, 0.2) is 0 Å². The van der Waals surface area contributed by atoms with Crippen molar-refractivity contribution in [3.63, 3.8) is 0 Å². The highest BCUT2D eigenvalue weighted by Crippen LogP contribution is 2.37. The summed E-state index contributed by atoms with van der Waals surface area (Å²) in [5.41, 5.74) is -3.21. The third-order valence-corrected chi connectivity index (χ3v) is 2.75. The van der Waals surface area contributed by atoms with Crippen LogP contribution < -0.4 is 5.32 Å². The largest absolute Gasteiger partial charge is 0.416 e. The third-order valence-electron chi connectivity index (χ3n) is 2.75. The highest BCUT2D eigenvalue weighted by atomic mass is 19.4. The van der Waals surface area contributed by atoms with E-state index in [1.54, 1.807) is 0 Å². The van der Waals surface area contributed by atoms with Crippen LogP contribution in [0.4, 0.5) is 26.3 Å². The highest BCUT2D eigenvalue weighted by Gasteiger charge is 2.37. The zero-order valence-corrected chi connectivity index (χ0v) is 10.5. The molecular formula is C12H11F6NO. The maximum Gasteiger partial charge on any atom is 0.416 e. The fourth-order valence-corrected chi connectivity index (χ4v) is 1.60. The molecule has 0 aliphatic rings. The Morgan fingerprint density at radius 3 is 1.70 bits per heavy atom. The molecule has 112 valence electrons. The van der Waals surface area contributed by atoms with Crippen LogP contribution in [0.5, 0.6) is 0 Å². The number of hydrogen-bond donors (Lipinski definition) is 1. The Labute approximate surface area is 110 Å². The summed E-state index contributed by atoms with van der Waals surface area (Å²) in [5.74, 6) is -1.79. The molecule has 1 unspecified atom stereocenters. The van der Waals surface area contributed by atoms with Crippen LogP contribution in [0.25, 0.3) is 0 Å². The molecule has 0 spiro atoms. The molecule has 0 radical (unpaired) electrons. The molecule has 20 heavy (non-hydrogen) atoms. The van der Waals surface area contributed by atoms with E-state index in [4.69, 9.17) is 0 Å². The summed E-state index contributed by atoms with van der Waals surface area (Å²) in [6.45, 7) is 1.23. The summed E-state index contributed by atoms with van der Waals surface area (Å²) in [6.07, 6.45) is -9.84. The summed E-state index contributed by atoms with van der Waals surface area (Å²) in [4.78, 5) is 11.4. The molecule has 1 atom stereocenters. The van der Waals surface area contributed by atoms with E-state index in [0.29, 0.717) is 12.1 Å². The lowest BCUT2D eigenvalue weighted by atomic mass is 9.95. The lowest BCUT2D eigenvalue weighted by Gasteiger charge is -2.17. The van der Waals surface area contributed by atoms with E-state index >= 15 is 0 Å². The van der Waals surface area contributed by atoms with Crippen molar-refractivity contribution in [3.05, 3.63) is 34.9 Å². The van der Waals surface area contributed by atoms with Gasteiger partial charge in [-0.2, -0.15) is 26.3 Å². The van der Waals surface area contributed by atoms with Crippen molar-refractivity contribution in [1.29, 1.82) is 0 Å². The smallest absolute Gasteiger partial charge is 0.359 e. The first-order valence-electron chi connectivity index (χ1n) is 5.47. The number of alkyl halides is 6. The Kier molecular flexibility index (Phi) is 4.36. The van der Waals surface area contributed by atoms with E-state index in [9.17, 15) is 31.1 Å². The van der Waals surface area contributed by atoms with Crippen molar-refractivity contribution in [2.24, 2.45) is 0 Å². The van der Waals surface area contributed by atoms with Crippen LogP contribution in [-0.2, 0) is 17.1 Å². The predicted molar refractivity (Wildman–Crippen MR) is 58.9 cm³/mol. The number of benzene rings is 1. The Hall–Kier alpha value is -1.73. The summed E-state index contributed by atoms with van der Waals surface area (Å²) in [7, 11) is 1.25. The SMILES string of the molecule is CNC(=O)C(C)c1cc(C(F)(F)F)cc(C(F)(F)F)c1. The van der Waals surface area contributed by atoms with Crippen LogP contribution in [0.3, 0.4) is 0 Å². The Bertz CT molecular complexity index is 473. The van der Waals surface area contributed by atoms with Crippen molar-refractivity contribution in [1.82, 2.24) is 5.32 Å². The van der Waals surface area contributed by atoms with Gasteiger partial charge in [0.2, 0.25) is 5.91 Å². The topological polar surface area (TPSA) is 29.1 Å². The molecule has 0 fully saturated rings. The maximum absolute atomic E-state index is 12.6. The van der Waals surface area contributed by atoms with Gasteiger partial charge < -0.3 is 5.32 Å². The number of halogens is 6. The van der Waals surface area contributed by atoms with E-state index in [1.807, 2.05) is 0 Å². The van der Waals surface area contributed by atoms with Crippen molar-refractivity contribution in [2.45, 2.75) is 25.2 Å². The number of rotatable bonds is 2. The molecule has 2 nitrogen and oxygen atoms in total. The van der Waals surface area contributed by atoms with Crippen LogP contribution in [0.2, 0.25) is 0 Å². The normalized spacial score (nSPS) is 14.0. The summed E-state index contributed by atoms with van der Waals surface area (Å²) < 4.78 is 75.7. The quantitative estimate of drug-likeness (QED) is 0.831.